The van der Waals surface area contributed by atoms with Crippen LogP contribution in [0, 0.1) is 0 Å². The second kappa shape index (κ2) is 7.96. The first kappa shape index (κ1) is 19.0. The third kappa shape index (κ3) is 4.09. The molecule has 0 radical (unpaired) electrons. The molecule has 4 rings (SSSR count). The van der Waals surface area contributed by atoms with Crippen LogP contribution in [0.25, 0.3) is 5.69 Å². The molecule has 2 aromatic carbocycles. The number of ether oxygens (including phenoxy) is 2. The molecule has 3 aromatic rings. The molecule has 2 heterocycles. The second-order valence-corrected chi connectivity index (χ2v) is 7.23. The molecule has 0 fully saturated rings. The van der Waals surface area contributed by atoms with E-state index in [9.17, 15) is 14.7 Å². The molecule has 8 nitrogen and oxygen atoms in total. The van der Waals surface area contributed by atoms with Crippen molar-refractivity contribution in [2.24, 2.45) is 0 Å². The number of hydrogen-bond acceptors (Lipinski definition) is 6. The average molecular weight is 458 g/mol. The highest BCUT2D eigenvalue weighted by Crippen LogP contribution is 2.30. The van der Waals surface area contributed by atoms with E-state index in [1.807, 2.05) is 12.1 Å². The molecule has 2 N–H and O–H groups in total. The molecule has 29 heavy (non-hydrogen) atoms. The van der Waals surface area contributed by atoms with Crippen LogP contribution in [0.2, 0.25) is 0 Å². The third-order valence-corrected chi connectivity index (χ3v) is 4.78. The van der Waals surface area contributed by atoms with Crippen LogP contribution in [-0.4, -0.2) is 40.0 Å². The molecule has 0 aliphatic carbocycles. The second-order valence-electron chi connectivity index (χ2n) is 6.31. The highest BCUT2D eigenvalue weighted by Gasteiger charge is 2.23. The number of carbonyl (C=O) groups excluding carboxylic acids is 1. The Morgan fingerprint density at radius 1 is 1.21 bits per heavy atom. The lowest BCUT2D eigenvalue weighted by Gasteiger charge is -2.26. The van der Waals surface area contributed by atoms with Gasteiger partial charge in [-0.1, -0.05) is 28.1 Å². The van der Waals surface area contributed by atoms with Gasteiger partial charge < -0.3 is 19.9 Å². The van der Waals surface area contributed by atoms with Crippen molar-refractivity contribution < 1.29 is 19.4 Å². The summed E-state index contributed by atoms with van der Waals surface area (Å²) in [4.78, 5) is 24.7. The van der Waals surface area contributed by atoms with Gasteiger partial charge >= 0.3 is 0 Å². The maximum absolute atomic E-state index is 12.5. The van der Waals surface area contributed by atoms with E-state index in [0.29, 0.717) is 17.2 Å². The Morgan fingerprint density at radius 3 is 2.69 bits per heavy atom. The number of rotatable bonds is 4. The van der Waals surface area contributed by atoms with Crippen molar-refractivity contribution in [2.75, 3.05) is 13.2 Å². The summed E-state index contributed by atoms with van der Waals surface area (Å²) >= 11 is 3.32. The smallest absolute Gasteiger partial charge is 0.275 e. The molecule has 1 unspecified atom stereocenters. The van der Waals surface area contributed by atoms with E-state index in [2.05, 4.69) is 26.3 Å². The van der Waals surface area contributed by atoms with Gasteiger partial charge in [0.25, 0.3) is 11.5 Å². The van der Waals surface area contributed by atoms with Crippen molar-refractivity contribution in [3.05, 3.63) is 75.1 Å². The molecule has 0 spiro atoms. The van der Waals surface area contributed by atoms with E-state index < -0.39 is 23.3 Å². The molecule has 0 saturated heterocycles. The molecule has 1 aliphatic rings. The Balaban J connectivity index is 1.49. The van der Waals surface area contributed by atoms with Crippen molar-refractivity contribution in [2.45, 2.75) is 6.10 Å². The van der Waals surface area contributed by atoms with Gasteiger partial charge in [0.2, 0.25) is 0 Å². The average Bonchev–Trinajstić information content (AvgIpc) is 2.73. The van der Waals surface area contributed by atoms with E-state index in [1.54, 1.807) is 36.4 Å². The van der Waals surface area contributed by atoms with E-state index in [0.717, 1.165) is 15.2 Å². The van der Waals surface area contributed by atoms with Crippen LogP contribution in [-0.2, 0) is 0 Å². The summed E-state index contributed by atoms with van der Waals surface area (Å²) in [7, 11) is 0. The minimum Gasteiger partial charge on any atom is -0.505 e. The predicted molar refractivity (Wildman–Crippen MR) is 108 cm³/mol. The molecular weight excluding hydrogens is 442 g/mol. The van der Waals surface area contributed by atoms with E-state index in [-0.39, 0.29) is 18.8 Å². The molecule has 148 valence electrons. The summed E-state index contributed by atoms with van der Waals surface area (Å²) in [5.74, 6) is 0.126. The quantitative estimate of drug-likeness (QED) is 0.622. The number of hydrogen-bond donors (Lipinski definition) is 2. The number of halogens is 1. The molecule has 9 heteroatoms. The Morgan fingerprint density at radius 2 is 1.93 bits per heavy atom. The van der Waals surface area contributed by atoms with Crippen LogP contribution in [0.15, 0.2) is 63.9 Å². The van der Waals surface area contributed by atoms with Crippen molar-refractivity contribution in [3.8, 4) is 22.9 Å². The van der Waals surface area contributed by atoms with Crippen LogP contribution < -0.4 is 20.3 Å². The molecule has 1 amide bonds. The van der Waals surface area contributed by atoms with Gasteiger partial charge in [-0.25, -0.2) is 0 Å². The van der Waals surface area contributed by atoms with Gasteiger partial charge in [-0.15, -0.1) is 0 Å². The number of benzene rings is 2. The van der Waals surface area contributed by atoms with Gasteiger partial charge in [0.05, 0.1) is 12.2 Å². The predicted octanol–water partition coefficient (Wildman–Crippen LogP) is 2.27. The normalized spacial score (nSPS) is 15.0. The zero-order valence-electron chi connectivity index (χ0n) is 15.0. The number of nitrogens with zero attached hydrogens (tertiary/aromatic N) is 2. The Hall–Kier alpha value is -3.33. The van der Waals surface area contributed by atoms with E-state index in [1.165, 1.54) is 0 Å². The minimum atomic E-state index is -0.629. The SMILES string of the molecule is O=C(NCC1COc2ccccc2O1)c1nn(-c2ccc(Br)cc2)c(=O)cc1O. The van der Waals surface area contributed by atoms with Gasteiger partial charge in [-0.05, 0) is 36.4 Å². The molecule has 0 saturated carbocycles. The van der Waals surface area contributed by atoms with Gasteiger partial charge in [0.15, 0.2) is 22.9 Å². The fourth-order valence-electron chi connectivity index (χ4n) is 2.83. The van der Waals surface area contributed by atoms with Gasteiger partial charge in [0.1, 0.15) is 12.7 Å². The summed E-state index contributed by atoms with van der Waals surface area (Å²) in [6.07, 6.45) is -0.395. The fourth-order valence-corrected chi connectivity index (χ4v) is 3.09. The number of nitrogens with one attached hydrogen (secondary N) is 1. The molecule has 1 aliphatic heterocycles. The summed E-state index contributed by atoms with van der Waals surface area (Å²) in [6, 6.07) is 15.0. The molecule has 1 aromatic heterocycles. The Kier molecular flexibility index (Phi) is 5.22. The van der Waals surface area contributed by atoms with E-state index in [4.69, 9.17) is 9.47 Å². The maximum atomic E-state index is 12.5. The van der Waals surface area contributed by atoms with Crippen LogP contribution >= 0.6 is 15.9 Å². The van der Waals surface area contributed by atoms with Crippen LogP contribution in [0.1, 0.15) is 10.5 Å². The maximum Gasteiger partial charge on any atom is 0.275 e. The molecule has 1 atom stereocenters. The lowest BCUT2D eigenvalue weighted by atomic mass is 10.2. The van der Waals surface area contributed by atoms with Crippen LogP contribution in [0.5, 0.6) is 17.2 Å². The standard InChI is InChI=1S/C20H16BrN3O5/c21-12-5-7-13(8-6-12)24-18(26)9-15(25)19(23-24)20(27)22-10-14-11-28-16-3-1-2-4-17(16)29-14/h1-9,14,25H,10-11H2,(H,22,27). The number of para-hydroxylation sites is 2. The topological polar surface area (TPSA) is 103 Å². The summed E-state index contributed by atoms with van der Waals surface area (Å²) < 4.78 is 13.3. The number of aromatic hydroxyl groups is 1. The van der Waals surface area contributed by atoms with Gasteiger partial charge in [-0.2, -0.15) is 9.78 Å². The minimum absolute atomic E-state index is 0.145. The Bertz CT molecular complexity index is 1110. The lowest BCUT2D eigenvalue weighted by molar-refractivity contribution is 0.0783. The third-order valence-electron chi connectivity index (χ3n) is 4.26. The number of carbonyl (C=O) groups is 1. The largest absolute Gasteiger partial charge is 0.505 e. The Labute approximate surface area is 173 Å². The first-order valence-electron chi connectivity index (χ1n) is 8.77. The van der Waals surface area contributed by atoms with E-state index >= 15 is 0 Å². The summed E-state index contributed by atoms with van der Waals surface area (Å²) in [6.45, 7) is 0.417. The first-order valence-corrected chi connectivity index (χ1v) is 9.56. The monoisotopic (exact) mass is 457 g/mol. The van der Waals surface area contributed by atoms with Crippen LogP contribution in [0.3, 0.4) is 0 Å². The zero-order valence-corrected chi connectivity index (χ0v) is 16.6. The van der Waals surface area contributed by atoms with Gasteiger partial charge in [0, 0.05) is 10.5 Å². The van der Waals surface area contributed by atoms with Crippen molar-refractivity contribution in [1.82, 2.24) is 15.1 Å². The van der Waals surface area contributed by atoms with Crippen molar-refractivity contribution in [3.63, 3.8) is 0 Å². The van der Waals surface area contributed by atoms with Crippen molar-refractivity contribution >= 4 is 21.8 Å². The zero-order chi connectivity index (χ0) is 20.4. The summed E-state index contributed by atoms with van der Waals surface area (Å²) in [5.41, 5.74) is -0.348. The lowest BCUT2D eigenvalue weighted by Crippen LogP contribution is -2.41. The number of aromatic nitrogens is 2. The number of amides is 1. The van der Waals surface area contributed by atoms with Crippen LogP contribution in [0.4, 0.5) is 0 Å². The molecule has 0 bridgehead atoms. The fraction of sp³-hybridized carbons (Fsp3) is 0.150. The highest BCUT2D eigenvalue weighted by molar-refractivity contribution is 9.10. The summed E-state index contributed by atoms with van der Waals surface area (Å²) in [5, 5.41) is 16.7. The highest BCUT2D eigenvalue weighted by atomic mass is 79.9. The molecular formula is C20H16BrN3O5. The van der Waals surface area contributed by atoms with Crippen molar-refractivity contribution in [1.29, 1.82) is 0 Å². The van der Waals surface area contributed by atoms with Gasteiger partial charge in [-0.3, -0.25) is 9.59 Å². The first-order chi connectivity index (χ1) is 14.0. The number of fused-ring (bicyclic) bond motifs is 1.